The van der Waals surface area contributed by atoms with E-state index >= 15 is 0 Å². The number of aromatic hydroxyl groups is 2. The Bertz CT molecular complexity index is 2040. The summed E-state index contributed by atoms with van der Waals surface area (Å²) in [6.45, 7) is 2.99. The van der Waals surface area contributed by atoms with Crippen LogP contribution in [0.4, 0.5) is 0 Å². The maximum atomic E-state index is 14.1. The summed E-state index contributed by atoms with van der Waals surface area (Å²) in [5.74, 6) is -7.86. The highest BCUT2D eigenvalue weighted by Gasteiger charge is 3.03. The maximum Gasteiger partial charge on any atom is 0.347 e. The van der Waals surface area contributed by atoms with E-state index in [1.807, 2.05) is 0 Å². The monoisotopic (exact) mass is 606 g/mol. The third kappa shape index (κ3) is 2.54. The fourth-order valence-corrected chi connectivity index (χ4v) is 7.57. The number of epoxide rings is 2. The summed E-state index contributed by atoms with van der Waals surface area (Å²) in [7, 11) is 2.18. The Morgan fingerprint density at radius 1 is 0.659 bits per heavy atom. The lowest BCUT2D eigenvalue weighted by Gasteiger charge is -2.39. The van der Waals surface area contributed by atoms with Crippen molar-refractivity contribution in [1.29, 1.82) is 0 Å². The van der Waals surface area contributed by atoms with Crippen molar-refractivity contribution in [3.8, 4) is 11.5 Å². The largest absolute Gasteiger partial charge is 0.507 e. The molecule has 0 spiro atoms. The molecule has 2 fully saturated rings. The highest BCUT2D eigenvalue weighted by atomic mass is 16.9. The number of hydrogen-bond acceptors (Lipinski definition) is 14. The molecule has 2 aromatic carbocycles. The van der Waals surface area contributed by atoms with Gasteiger partial charge in [0.05, 0.1) is 0 Å². The van der Waals surface area contributed by atoms with Crippen molar-refractivity contribution in [2.24, 2.45) is 0 Å². The fraction of sp³-hybridized carbons (Fsp3) is 0.333. The Morgan fingerprint density at radius 3 is 1.36 bits per heavy atom. The van der Waals surface area contributed by atoms with E-state index in [0.29, 0.717) is 0 Å². The normalized spacial score (nSPS) is 33.1. The van der Waals surface area contributed by atoms with Crippen molar-refractivity contribution in [2.45, 2.75) is 48.8 Å². The van der Waals surface area contributed by atoms with Crippen molar-refractivity contribution < 1.29 is 57.8 Å². The van der Waals surface area contributed by atoms with E-state index in [0.717, 1.165) is 14.2 Å². The van der Waals surface area contributed by atoms with Gasteiger partial charge in [0.25, 0.3) is 11.6 Å². The smallest absolute Gasteiger partial charge is 0.347 e. The zero-order valence-electron chi connectivity index (χ0n) is 23.3. The lowest BCUT2D eigenvalue weighted by molar-refractivity contribution is -0.0577. The Balaban J connectivity index is 1.42. The van der Waals surface area contributed by atoms with Gasteiger partial charge in [-0.2, -0.15) is 0 Å². The van der Waals surface area contributed by atoms with E-state index in [9.17, 15) is 39.6 Å². The summed E-state index contributed by atoms with van der Waals surface area (Å²) in [4.78, 5) is 53.8. The first-order chi connectivity index (χ1) is 20.8. The molecule has 0 unspecified atom stereocenters. The Morgan fingerprint density at radius 2 is 1.02 bits per heavy atom. The van der Waals surface area contributed by atoms with Gasteiger partial charge >= 0.3 is 11.3 Å². The van der Waals surface area contributed by atoms with Crippen LogP contribution in [0.25, 0.3) is 21.5 Å². The number of Topliss-reactive ketones (excluding diaryl/α,β-unsaturated/α-hetero) is 2. The van der Waals surface area contributed by atoms with Crippen LogP contribution in [0, 0.1) is 13.8 Å². The number of ether oxygens (including phenoxy) is 4. The molecule has 4 aliphatic rings. The zero-order valence-corrected chi connectivity index (χ0v) is 23.3. The van der Waals surface area contributed by atoms with Crippen LogP contribution in [0.15, 0.2) is 42.7 Å². The second kappa shape index (κ2) is 7.79. The highest BCUT2D eigenvalue weighted by molar-refractivity contribution is 6.15. The number of phenols is 2. The maximum absolute atomic E-state index is 14.1. The highest BCUT2D eigenvalue weighted by Crippen LogP contribution is 2.80. The van der Waals surface area contributed by atoms with Gasteiger partial charge in [-0.1, -0.05) is 0 Å². The van der Waals surface area contributed by atoms with Gasteiger partial charge in [0.1, 0.15) is 46.0 Å². The van der Waals surface area contributed by atoms with E-state index in [4.69, 9.17) is 27.8 Å². The van der Waals surface area contributed by atoms with E-state index < -0.39 is 80.4 Å². The summed E-state index contributed by atoms with van der Waals surface area (Å²) in [6, 6.07) is 5.35. The molecule has 14 nitrogen and oxygen atoms in total. The van der Waals surface area contributed by atoms with E-state index in [1.165, 1.54) is 38.1 Å². The minimum Gasteiger partial charge on any atom is -0.507 e. The average molecular weight is 606 g/mol. The Labute approximate surface area is 244 Å². The van der Waals surface area contributed by atoms with Gasteiger partial charge in [0.2, 0.25) is 22.8 Å². The number of aliphatic hydroxyl groups excluding tert-OH is 2. The summed E-state index contributed by atoms with van der Waals surface area (Å²) < 4.78 is 33.2. The van der Waals surface area contributed by atoms with Gasteiger partial charge in [-0.15, -0.1) is 0 Å². The van der Waals surface area contributed by atoms with Crippen LogP contribution in [0.5, 0.6) is 11.5 Å². The molecule has 14 heteroatoms. The van der Waals surface area contributed by atoms with Crippen LogP contribution in [-0.4, -0.2) is 69.0 Å². The van der Waals surface area contributed by atoms with Gasteiger partial charge in [-0.3, -0.25) is 9.59 Å². The molecule has 0 saturated carbocycles. The van der Waals surface area contributed by atoms with Gasteiger partial charge < -0.3 is 48.2 Å². The third-order valence-corrected chi connectivity index (χ3v) is 9.41. The molecule has 2 aromatic heterocycles. The van der Waals surface area contributed by atoms with Crippen molar-refractivity contribution in [1.82, 2.24) is 0 Å². The minimum atomic E-state index is -2.49. The third-order valence-electron chi connectivity index (χ3n) is 9.41. The topological polar surface area (TPSA) is 219 Å². The molecule has 2 aliphatic carbocycles. The molecule has 226 valence electrons. The van der Waals surface area contributed by atoms with Gasteiger partial charge in [0, 0.05) is 36.5 Å². The number of carbonyl (C=O) groups excluding carboxylic acids is 2. The zero-order chi connectivity index (χ0) is 31.5. The van der Waals surface area contributed by atoms with E-state index in [-0.39, 0.29) is 44.2 Å². The molecule has 8 rings (SSSR count). The van der Waals surface area contributed by atoms with Crippen LogP contribution in [0.3, 0.4) is 0 Å². The number of benzene rings is 2. The van der Waals surface area contributed by atoms with Gasteiger partial charge in [-0.25, -0.2) is 9.59 Å². The van der Waals surface area contributed by atoms with Crippen molar-refractivity contribution in [3.05, 3.63) is 78.9 Å². The number of aliphatic hydroxyl groups is 2. The van der Waals surface area contributed by atoms with Crippen LogP contribution in [0.1, 0.15) is 55.6 Å². The fourth-order valence-electron chi connectivity index (χ4n) is 7.57. The number of phenolic OH excluding ortho intramolecular Hbond substituents is 2. The first-order valence-corrected chi connectivity index (χ1v) is 13.4. The number of hydrogen-bond donors (Lipinski definition) is 4. The molecule has 6 atom stereocenters. The number of carbonyl (C=O) groups is 2. The summed E-state index contributed by atoms with van der Waals surface area (Å²) in [6.07, 6.45) is -4.20. The second-order valence-electron chi connectivity index (χ2n) is 11.4. The van der Waals surface area contributed by atoms with Crippen LogP contribution in [-0.2, 0) is 18.9 Å². The summed E-state index contributed by atoms with van der Waals surface area (Å²) in [5, 5.41) is 46.2. The first kappa shape index (κ1) is 27.1. The van der Waals surface area contributed by atoms with Crippen molar-refractivity contribution in [2.75, 3.05) is 14.2 Å². The number of aryl methyl sites for hydroxylation is 2. The second-order valence-corrected chi connectivity index (χ2v) is 11.4. The SMILES string of the molecule is CO[C@@]12O[C@]1([C@]13O[C@@]1(OC)C(=O)c1cc4cc(C)oc(=O)c4c(O)c1[C@@H]3O)[C@H](O)c1c(cc3cc(C)oc(=O)c3c1O)C2=O. The first-order valence-electron chi connectivity index (χ1n) is 13.4. The van der Waals surface area contributed by atoms with Gasteiger partial charge in [-0.05, 0) is 48.9 Å². The lowest BCUT2D eigenvalue weighted by atomic mass is 9.63. The Kier molecular flexibility index (Phi) is 4.80. The van der Waals surface area contributed by atoms with Gasteiger partial charge in [0.15, 0.2) is 0 Å². The van der Waals surface area contributed by atoms with E-state index in [2.05, 4.69) is 0 Å². The lowest BCUT2D eigenvalue weighted by Crippen LogP contribution is -2.60. The van der Waals surface area contributed by atoms with Crippen molar-refractivity contribution in [3.63, 3.8) is 0 Å². The minimum absolute atomic E-state index is 0.134. The predicted molar refractivity (Wildman–Crippen MR) is 143 cm³/mol. The molecule has 4 aromatic rings. The van der Waals surface area contributed by atoms with Crippen LogP contribution in [0.2, 0.25) is 0 Å². The predicted octanol–water partition coefficient (Wildman–Crippen LogP) is 1.31. The number of ketones is 2. The molecule has 4 heterocycles. The van der Waals surface area contributed by atoms with E-state index in [1.54, 1.807) is 0 Å². The standard InChI is InChI=1S/C30H22O14/c1-9-5-11-7-13-17(19(31)15(11)25(37)41-9)23(35)27(29(39-3,43-27)21(13)33)28-24(36)18-14(22(34)30(28,40-4)44-28)8-12-6-10(2)42-26(38)16(12)20(18)32/h5-8,23-24,31-32,35-36H,1-4H3/t23-,24+,27-,28-,29-,30-/m0/s1. The quantitative estimate of drug-likeness (QED) is 0.242. The van der Waals surface area contributed by atoms with Crippen molar-refractivity contribution >= 4 is 33.1 Å². The molecule has 0 amide bonds. The molecule has 44 heavy (non-hydrogen) atoms. The number of fused-ring (bicyclic) bond motifs is 7. The molecular formula is C30H22O14. The number of rotatable bonds is 3. The molecular weight excluding hydrogens is 584 g/mol. The summed E-state index contributed by atoms with van der Waals surface area (Å²) >= 11 is 0. The molecule has 0 radical (unpaired) electrons. The van der Waals surface area contributed by atoms with Crippen LogP contribution < -0.4 is 11.3 Å². The molecule has 2 saturated heterocycles. The Hall–Kier alpha value is -4.44. The van der Waals surface area contributed by atoms with Crippen LogP contribution >= 0.6 is 0 Å². The average Bonchev–Trinajstić information content (AvgIpc) is 3.85. The summed E-state index contributed by atoms with van der Waals surface area (Å²) in [5.41, 5.74) is -8.34. The molecule has 0 bridgehead atoms. The molecule has 4 N–H and O–H groups in total. The number of methoxy groups -OCH3 is 2. The molecule has 2 aliphatic heterocycles.